The molecule has 240 valence electrons. The number of halogens is 4. The largest absolute Gasteiger partial charge is 0.492 e. The zero-order valence-corrected chi connectivity index (χ0v) is 28.5. The number of nitrogens with zero attached hydrogens (tertiary/aromatic N) is 3. The number of benzene rings is 3. The molecule has 1 N–H and O–H groups in total. The van der Waals surface area contributed by atoms with Crippen molar-refractivity contribution >= 4 is 82.5 Å². The van der Waals surface area contributed by atoms with Gasteiger partial charge in [-0.1, -0.05) is 53.5 Å². The molecule has 0 saturated heterocycles. The maximum atomic E-state index is 12.9. The summed E-state index contributed by atoms with van der Waals surface area (Å²) in [5, 5.41) is 4.27. The fraction of sp³-hybridized carbons (Fsp3) is 0.242. The van der Waals surface area contributed by atoms with Crippen LogP contribution in [-0.4, -0.2) is 62.5 Å². The molecule has 0 saturated carbocycles. The first-order valence-corrected chi connectivity index (χ1v) is 14.4. The molecule has 1 aromatic heterocycles. The Morgan fingerprint density at radius 3 is 2.38 bits per heavy atom. The third-order valence-electron chi connectivity index (χ3n) is 6.62. The minimum Gasteiger partial charge on any atom is -0.492 e. The van der Waals surface area contributed by atoms with Crippen LogP contribution in [-0.2, 0) is 16.2 Å². The highest BCUT2D eigenvalue weighted by Crippen LogP contribution is 2.35. The second kappa shape index (κ2) is 17.8. The van der Waals surface area contributed by atoms with Crippen molar-refractivity contribution in [2.24, 2.45) is 0 Å². The smallest absolute Gasteiger partial charge is 0.246 e. The van der Waals surface area contributed by atoms with E-state index in [-0.39, 0.29) is 48.9 Å². The van der Waals surface area contributed by atoms with Gasteiger partial charge in [0.15, 0.2) is 0 Å². The Hall–Kier alpha value is -3.53. The van der Waals surface area contributed by atoms with E-state index < -0.39 is 5.91 Å². The summed E-state index contributed by atoms with van der Waals surface area (Å²) in [6.45, 7) is 3.18. The number of amides is 2. The average Bonchev–Trinajstić information content (AvgIpc) is 2.99. The van der Waals surface area contributed by atoms with Gasteiger partial charge in [0.2, 0.25) is 11.8 Å². The van der Waals surface area contributed by atoms with Crippen molar-refractivity contribution in [3.63, 3.8) is 0 Å². The highest BCUT2D eigenvalue weighted by molar-refractivity contribution is 6.38. The van der Waals surface area contributed by atoms with Gasteiger partial charge in [-0.15, -0.1) is 24.8 Å². The SMILES string of the molecule is Cc1ccc2cccc(OCc3c(Cl)ccc(N(C)C(=O)CNC(=O)/C=C/c4ccc(OCCN(C)C)cc4)c3Cl)c2n1.Cl.Cl. The third kappa shape index (κ3) is 10.5. The van der Waals surface area contributed by atoms with Crippen LogP contribution in [0.4, 0.5) is 5.69 Å². The minimum absolute atomic E-state index is 0. The number of fused-ring (bicyclic) bond motifs is 1. The standard InChI is InChI=1S/C33H34Cl2N4O4.2ClH/c1-22-8-12-24-6-5-7-29(33(24)37-22)43-21-26-27(34)15-16-28(32(26)35)39(4)31(41)20-36-30(40)17-11-23-9-13-25(14-10-23)42-19-18-38(2)3;;/h5-17H,18-21H2,1-4H3,(H,36,40);2*1H/b17-11+;;. The Morgan fingerprint density at radius 2 is 1.67 bits per heavy atom. The zero-order chi connectivity index (χ0) is 30.9. The molecule has 2 amide bonds. The zero-order valence-electron chi connectivity index (χ0n) is 25.4. The number of pyridine rings is 1. The number of carbonyl (C=O) groups is 2. The normalized spacial score (nSPS) is 10.7. The summed E-state index contributed by atoms with van der Waals surface area (Å²) in [5.41, 5.74) is 3.42. The van der Waals surface area contributed by atoms with Crippen LogP contribution in [0.3, 0.4) is 0 Å². The molecule has 0 aliphatic carbocycles. The number of ether oxygens (including phenoxy) is 2. The molecule has 1 heterocycles. The first kappa shape index (κ1) is 37.7. The van der Waals surface area contributed by atoms with Crippen LogP contribution in [0.5, 0.6) is 11.5 Å². The van der Waals surface area contributed by atoms with Gasteiger partial charge in [-0.05, 0) is 69.1 Å². The number of hydrogen-bond donors (Lipinski definition) is 1. The molecule has 0 bridgehead atoms. The number of carbonyl (C=O) groups excluding carboxylic acids is 2. The first-order valence-electron chi connectivity index (χ1n) is 13.7. The monoisotopic (exact) mass is 692 g/mol. The van der Waals surface area contributed by atoms with E-state index in [0.29, 0.717) is 28.6 Å². The summed E-state index contributed by atoms with van der Waals surface area (Å²) in [6.07, 6.45) is 3.05. The fourth-order valence-electron chi connectivity index (χ4n) is 4.13. The topological polar surface area (TPSA) is 84.0 Å². The van der Waals surface area contributed by atoms with E-state index in [1.165, 1.54) is 11.0 Å². The lowest BCUT2D eigenvalue weighted by atomic mass is 10.1. The highest BCUT2D eigenvalue weighted by atomic mass is 35.5. The summed E-state index contributed by atoms with van der Waals surface area (Å²) < 4.78 is 11.8. The van der Waals surface area contributed by atoms with Gasteiger partial charge in [0.25, 0.3) is 0 Å². The summed E-state index contributed by atoms with van der Waals surface area (Å²) in [4.78, 5) is 33.3. The van der Waals surface area contributed by atoms with Crippen LogP contribution in [0.15, 0.2) is 72.8 Å². The molecule has 0 radical (unpaired) electrons. The van der Waals surface area contributed by atoms with Gasteiger partial charge in [0.1, 0.15) is 30.2 Å². The van der Waals surface area contributed by atoms with Crippen LogP contribution in [0.25, 0.3) is 17.0 Å². The first-order chi connectivity index (χ1) is 20.6. The quantitative estimate of drug-likeness (QED) is 0.161. The van der Waals surface area contributed by atoms with Crippen LogP contribution in [0, 0.1) is 6.92 Å². The predicted octanol–water partition coefficient (Wildman–Crippen LogP) is 7.01. The fourth-order valence-corrected chi connectivity index (χ4v) is 4.73. The highest BCUT2D eigenvalue weighted by Gasteiger charge is 2.19. The number of anilines is 1. The number of nitrogens with one attached hydrogen (secondary N) is 1. The van der Waals surface area contributed by atoms with E-state index >= 15 is 0 Å². The van der Waals surface area contributed by atoms with Crippen molar-refractivity contribution in [1.82, 2.24) is 15.2 Å². The minimum atomic E-state index is -0.400. The van der Waals surface area contributed by atoms with Crippen LogP contribution in [0.1, 0.15) is 16.8 Å². The number of rotatable bonds is 12. The van der Waals surface area contributed by atoms with E-state index in [1.54, 1.807) is 25.3 Å². The Balaban J connectivity index is 0.00000353. The molecule has 0 fully saturated rings. The lowest BCUT2D eigenvalue weighted by molar-refractivity contribution is -0.122. The summed E-state index contributed by atoms with van der Waals surface area (Å²) in [6, 6.07) is 20.4. The second-order valence-electron chi connectivity index (χ2n) is 10.2. The van der Waals surface area contributed by atoms with Crippen molar-refractivity contribution < 1.29 is 19.1 Å². The number of likely N-dealkylation sites (N-methyl/N-ethyl adjacent to an activating group) is 2. The lowest BCUT2D eigenvalue weighted by Gasteiger charge is -2.21. The van der Waals surface area contributed by atoms with E-state index in [0.717, 1.165) is 34.5 Å². The molecule has 45 heavy (non-hydrogen) atoms. The van der Waals surface area contributed by atoms with Gasteiger partial charge in [0.05, 0.1) is 17.3 Å². The molecule has 4 rings (SSSR count). The molecular weight excluding hydrogens is 658 g/mol. The van der Waals surface area contributed by atoms with E-state index in [1.807, 2.05) is 80.5 Å². The molecule has 12 heteroatoms. The second-order valence-corrected chi connectivity index (χ2v) is 10.9. The number of para-hydroxylation sites is 1. The molecule has 0 unspecified atom stereocenters. The van der Waals surface area contributed by atoms with Gasteiger partial charge < -0.3 is 24.6 Å². The van der Waals surface area contributed by atoms with Crippen molar-refractivity contribution in [2.45, 2.75) is 13.5 Å². The number of aromatic nitrogens is 1. The summed E-state index contributed by atoms with van der Waals surface area (Å²) >= 11 is 13.2. The Bertz CT molecular complexity index is 1630. The molecule has 0 atom stereocenters. The van der Waals surface area contributed by atoms with Gasteiger partial charge in [0, 0.05) is 41.3 Å². The number of aryl methyl sites for hydroxylation is 1. The van der Waals surface area contributed by atoms with E-state index in [2.05, 4.69) is 10.3 Å². The Labute approximate surface area is 286 Å². The Kier molecular flexibility index (Phi) is 14.9. The number of hydrogen-bond acceptors (Lipinski definition) is 6. The maximum Gasteiger partial charge on any atom is 0.246 e. The van der Waals surface area contributed by atoms with Gasteiger partial charge in [-0.3, -0.25) is 9.59 Å². The average molecular weight is 694 g/mol. The summed E-state index contributed by atoms with van der Waals surface area (Å²) in [5.74, 6) is 0.602. The molecule has 0 aliphatic rings. The van der Waals surface area contributed by atoms with Gasteiger partial charge >= 0.3 is 0 Å². The van der Waals surface area contributed by atoms with Crippen molar-refractivity contribution in [3.8, 4) is 11.5 Å². The molecule has 8 nitrogen and oxygen atoms in total. The molecule has 3 aromatic carbocycles. The van der Waals surface area contributed by atoms with Crippen molar-refractivity contribution in [1.29, 1.82) is 0 Å². The van der Waals surface area contributed by atoms with E-state index in [4.69, 9.17) is 32.7 Å². The van der Waals surface area contributed by atoms with Gasteiger partial charge in [-0.25, -0.2) is 4.98 Å². The van der Waals surface area contributed by atoms with Crippen LogP contribution in [0.2, 0.25) is 10.0 Å². The summed E-state index contributed by atoms with van der Waals surface area (Å²) in [7, 11) is 5.56. The lowest BCUT2D eigenvalue weighted by Crippen LogP contribution is -2.37. The Morgan fingerprint density at radius 1 is 0.933 bits per heavy atom. The molecule has 0 aliphatic heterocycles. The molecule has 0 spiro atoms. The molecule has 4 aromatic rings. The van der Waals surface area contributed by atoms with Crippen molar-refractivity contribution in [2.75, 3.05) is 45.7 Å². The molecular formula is C33H36Cl4N4O4. The van der Waals surface area contributed by atoms with Crippen molar-refractivity contribution in [3.05, 3.63) is 99.7 Å². The van der Waals surface area contributed by atoms with Crippen LogP contribution >= 0.6 is 48.0 Å². The van der Waals surface area contributed by atoms with E-state index in [9.17, 15) is 9.59 Å². The maximum absolute atomic E-state index is 12.9. The van der Waals surface area contributed by atoms with Gasteiger partial charge in [-0.2, -0.15) is 0 Å². The third-order valence-corrected chi connectivity index (χ3v) is 7.40. The predicted molar refractivity (Wildman–Crippen MR) is 188 cm³/mol. The van der Waals surface area contributed by atoms with Crippen LogP contribution < -0.4 is 19.7 Å².